The Labute approximate surface area is 84.0 Å². The van der Waals surface area contributed by atoms with Gasteiger partial charge >= 0.3 is 17.9 Å². The minimum Gasteiger partial charge on any atom is -0.462 e. The van der Waals surface area contributed by atoms with Crippen LogP contribution in [0.15, 0.2) is 0 Å². The minimum atomic E-state index is -5.31. The molecule has 4 nitrogen and oxygen atoms in total. The molecule has 1 unspecified atom stereocenters. The second-order valence-electron chi connectivity index (χ2n) is 2.36. The Bertz CT molecular complexity index is 268. The number of terminal acetylenes is 1. The quantitative estimate of drug-likeness (QED) is 0.429. The van der Waals surface area contributed by atoms with Gasteiger partial charge in [0.2, 0.25) is 0 Å². The predicted molar refractivity (Wildman–Crippen MR) is 42.4 cm³/mol. The Morgan fingerprint density at radius 3 is 2.40 bits per heavy atom. The molecule has 86 valence electrons. The van der Waals surface area contributed by atoms with Crippen molar-refractivity contribution in [1.82, 2.24) is 0 Å². The van der Waals surface area contributed by atoms with Gasteiger partial charge in [-0.2, -0.15) is 13.2 Å². The van der Waals surface area contributed by atoms with E-state index in [-0.39, 0.29) is 6.61 Å². The fourth-order valence-electron chi connectivity index (χ4n) is 0.632. The molecule has 0 saturated carbocycles. The summed E-state index contributed by atoms with van der Waals surface area (Å²) in [6.45, 7) is 0.0985. The van der Waals surface area contributed by atoms with Crippen molar-refractivity contribution in [2.45, 2.75) is 18.9 Å². The lowest BCUT2D eigenvalue weighted by molar-refractivity contribution is -0.349. The van der Waals surface area contributed by atoms with Crippen LogP contribution >= 0.6 is 0 Å². The number of ether oxygens (including phenoxy) is 2. The summed E-state index contributed by atoms with van der Waals surface area (Å²) in [6, 6.07) is 0. The first-order valence-corrected chi connectivity index (χ1v) is 3.83. The summed E-state index contributed by atoms with van der Waals surface area (Å²) in [6.07, 6.45) is -0.662. The zero-order valence-corrected chi connectivity index (χ0v) is 7.80. The lowest BCUT2D eigenvalue weighted by Crippen LogP contribution is -2.55. The van der Waals surface area contributed by atoms with E-state index in [1.54, 1.807) is 5.92 Å². The third-order valence-electron chi connectivity index (χ3n) is 1.30. The van der Waals surface area contributed by atoms with E-state index >= 15 is 0 Å². The molecule has 0 aliphatic carbocycles. The second kappa shape index (κ2) is 5.00. The van der Waals surface area contributed by atoms with Gasteiger partial charge in [-0.15, -0.1) is 6.42 Å². The van der Waals surface area contributed by atoms with Crippen molar-refractivity contribution in [3.63, 3.8) is 0 Å². The van der Waals surface area contributed by atoms with Gasteiger partial charge in [-0.05, 0) is 6.92 Å². The molecule has 0 amide bonds. The number of carbonyl (C=O) groups is 1. The molecule has 0 aromatic heterocycles. The molecule has 0 rings (SSSR count). The van der Waals surface area contributed by atoms with E-state index in [1.807, 2.05) is 0 Å². The molecule has 0 aliphatic rings. The fourth-order valence-corrected chi connectivity index (χ4v) is 0.632. The van der Waals surface area contributed by atoms with E-state index in [0.29, 0.717) is 0 Å². The van der Waals surface area contributed by atoms with Crippen molar-refractivity contribution < 1.29 is 32.5 Å². The van der Waals surface area contributed by atoms with Crippen LogP contribution in [0.5, 0.6) is 0 Å². The molecule has 1 atom stereocenters. The Morgan fingerprint density at radius 1 is 1.53 bits per heavy atom. The smallest absolute Gasteiger partial charge is 0.455 e. The van der Waals surface area contributed by atoms with Crippen LogP contribution in [-0.2, 0) is 14.3 Å². The van der Waals surface area contributed by atoms with Crippen LogP contribution in [0, 0.1) is 12.3 Å². The highest BCUT2D eigenvalue weighted by atomic mass is 19.4. The van der Waals surface area contributed by atoms with Gasteiger partial charge in [0.15, 0.2) is 0 Å². The number of hydrogen-bond donors (Lipinski definition) is 1. The summed E-state index contributed by atoms with van der Waals surface area (Å²) in [7, 11) is 0. The molecule has 7 heteroatoms. The zero-order chi connectivity index (χ0) is 12.1. The lowest BCUT2D eigenvalue weighted by Gasteiger charge is -2.26. The third-order valence-corrected chi connectivity index (χ3v) is 1.30. The topological polar surface area (TPSA) is 55.8 Å². The van der Waals surface area contributed by atoms with Crippen molar-refractivity contribution in [3.05, 3.63) is 0 Å². The molecular weight excluding hydrogens is 217 g/mol. The zero-order valence-electron chi connectivity index (χ0n) is 7.80. The van der Waals surface area contributed by atoms with E-state index in [2.05, 4.69) is 15.9 Å². The normalized spacial score (nSPS) is 15.2. The van der Waals surface area contributed by atoms with Crippen LogP contribution in [0.4, 0.5) is 13.2 Å². The Morgan fingerprint density at radius 2 is 2.07 bits per heavy atom. The van der Waals surface area contributed by atoms with Crippen molar-refractivity contribution in [3.8, 4) is 12.3 Å². The van der Waals surface area contributed by atoms with Crippen molar-refractivity contribution in [1.29, 1.82) is 0 Å². The standard InChI is InChI=1S/C8H9F3O4/c1-3-5-15-7(13,8(9,10)11)6(12)14-4-2/h1,13H,4-5H2,2H3. The van der Waals surface area contributed by atoms with E-state index in [9.17, 15) is 18.0 Å². The molecule has 0 aromatic carbocycles. The van der Waals surface area contributed by atoms with E-state index in [0.717, 1.165) is 0 Å². The van der Waals surface area contributed by atoms with Gasteiger partial charge in [0.25, 0.3) is 0 Å². The second-order valence-corrected chi connectivity index (χ2v) is 2.36. The molecule has 0 radical (unpaired) electrons. The van der Waals surface area contributed by atoms with Gasteiger partial charge in [-0.25, -0.2) is 4.79 Å². The van der Waals surface area contributed by atoms with Crippen molar-refractivity contribution in [2.24, 2.45) is 0 Å². The lowest BCUT2D eigenvalue weighted by atomic mass is 10.2. The molecule has 1 N–H and O–H groups in total. The predicted octanol–water partition coefficient (Wildman–Crippen LogP) is 0.450. The highest BCUT2D eigenvalue weighted by Crippen LogP contribution is 2.32. The Balaban J connectivity index is 4.87. The maximum Gasteiger partial charge on any atom is 0.455 e. The van der Waals surface area contributed by atoms with Gasteiger partial charge in [-0.3, -0.25) is 0 Å². The van der Waals surface area contributed by atoms with Gasteiger partial charge in [-0.1, -0.05) is 5.92 Å². The average Bonchev–Trinajstić information content (AvgIpc) is 2.12. The molecule has 0 aliphatic heterocycles. The maximum atomic E-state index is 12.3. The van der Waals surface area contributed by atoms with E-state index in [1.165, 1.54) is 6.92 Å². The summed E-state index contributed by atoms with van der Waals surface area (Å²) in [4.78, 5) is 10.8. The molecule has 0 spiro atoms. The number of rotatable bonds is 4. The first-order chi connectivity index (χ1) is 6.79. The fraction of sp³-hybridized carbons (Fsp3) is 0.625. The third kappa shape index (κ3) is 3.11. The number of carbonyl (C=O) groups excluding carboxylic acids is 1. The molecule has 0 bridgehead atoms. The van der Waals surface area contributed by atoms with E-state index < -0.39 is 24.5 Å². The first kappa shape index (κ1) is 13.7. The monoisotopic (exact) mass is 226 g/mol. The molecule has 0 aromatic rings. The van der Waals surface area contributed by atoms with Gasteiger partial charge in [0.1, 0.15) is 6.61 Å². The van der Waals surface area contributed by atoms with Crippen LogP contribution in [0.2, 0.25) is 0 Å². The first-order valence-electron chi connectivity index (χ1n) is 3.83. The summed E-state index contributed by atoms with van der Waals surface area (Å²) in [5.74, 6) is -4.24. The van der Waals surface area contributed by atoms with Crippen LogP contribution < -0.4 is 0 Å². The van der Waals surface area contributed by atoms with Crippen LogP contribution in [0.1, 0.15) is 6.92 Å². The summed E-state index contributed by atoms with van der Waals surface area (Å²) < 4.78 is 44.7. The van der Waals surface area contributed by atoms with Crippen LogP contribution in [-0.4, -0.2) is 36.3 Å². The average molecular weight is 226 g/mol. The molecule has 0 heterocycles. The highest BCUT2D eigenvalue weighted by molar-refractivity contribution is 5.78. The largest absolute Gasteiger partial charge is 0.462 e. The van der Waals surface area contributed by atoms with Crippen LogP contribution in [0.3, 0.4) is 0 Å². The highest BCUT2D eigenvalue weighted by Gasteiger charge is 2.63. The molecule has 0 saturated heterocycles. The molecule has 15 heavy (non-hydrogen) atoms. The minimum absolute atomic E-state index is 0.323. The summed E-state index contributed by atoms with van der Waals surface area (Å²) >= 11 is 0. The number of aliphatic hydroxyl groups is 1. The van der Waals surface area contributed by atoms with Gasteiger partial charge in [0, 0.05) is 0 Å². The Kier molecular flexibility index (Phi) is 4.58. The maximum absolute atomic E-state index is 12.3. The number of hydrogen-bond acceptors (Lipinski definition) is 4. The summed E-state index contributed by atoms with van der Waals surface area (Å²) in [5.41, 5.74) is 0. The Hall–Kier alpha value is -1.26. The van der Waals surface area contributed by atoms with Gasteiger partial charge < -0.3 is 14.6 Å². The van der Waals surface area contributed by atoms with Crippen molar-refractivity contribution >= 4 is 5.97 Å². The molecule has 0 fully saturated rings. The van der Waals surface area contributed by atoms with E-state index in [4.69, 9.17) is 5.11 Å². The molecular formula is C8H9F3O4. The number of halogens is 3. The van der Waals surface area contributed by atoms with Crippen LogP contribution in [0.25, 0.3) is 0 Å². The van der Waals surface area contributed by atoms with Gasteiger partial charge in [0.05, 0.1) is 6.61 Å². The SMILES string of the molecule is C#CCOC(O)(C(=O)OCC)C(F)(F)F. The number of alkyl halides is 3. The van der Waals surface area contributed by atoms with Crippen molar-refractivity contribution in [2.75, 3.05) is 13.2 Å². The number of esters is 1. The summed E-state index contributed by atoms with van der Waals surface area (Å²) in [5, 5.41) is 8.96.